The van der Waals surface area contributed by atoms with Crippen molar-refractivity contribution < 1.29 is 0 Å². The molecule has 0 amide bonds. The van der Waals surface area contributed by atoms with Crippen LogP contribution in [0.5, 0.6) is 0 Å². The molecule has 2 aliphatic heterocycles. The maximum atomic E-state index is 2.69. The fraction of sp³-hybridized carbons (Fsp3) is 1.00. The third kappa shape index (κ3) is 4.75. The predicted molar refractivity (Wildman–Crippen MR) is 83.5 cm³/mol. The van der Waals surface area contributed by atoms with E-state index in [9.17, 15) is 0 Å². The van der Waals surface area contributed by atoms with E-state index >= 15 is 0 Å². The molecule has 2 saturated heterocycles. The molecule has 0 spiro atoms. The second-order valence-corrected chi connectivity index (χ2v) is 7.95. The fourth-order valence-corrected chi connectivity index (χ4v) is 3.99. The molecule has 2 aliphatic rings. The van der Waals surface area contributed by atoms with Gasteiger partial charge in [0.2, 0.25) is 0 Å². The summed E-state index contributed by atoms with van der Waals surface area (Å²) in [7, 11) is 0. The molecule has 0 aliphatic carbocycles. The summed E-state index contributed by atoms with van der Waals surface area (Å²) >= 11 is 0. The molecule has 2 heterocycles. The van der Waals surface area contributed by atoms with E-state index in [4.69, 9.17) is 0 Å². The maximum Gasteiger partial charge on any atom is 0.00300 e. The van der Waals surface area contributed by atoms with Crippen molar-refractivity contribution in [3.05, 3.63) is 0 Å². The van der Waals surface area contributed by atoms with Gasteiger partial charge in [-0.25, -0.2) is 0 Å². The first-order chi connectivity index (χ1) is 8.98. The van der Waals surface area contributed by atoms with Crippen LogP contribution in [0.4, 0.5) is 0 Å². The highest BCUT2D eigenvalue weighted by atomic mass is 15.1. The Morgan fingerprint density at radius 3 is 1.58 bits per heavy atom. The Morgan fingerprint density at radius 1 is 0.789 bits per heavy atom. The molecule has 0 atom stereocenters. The Bertz CT molecular complexity index is 253. The van der Waals surface area contributed by atoms with Crippen LogP contribution in [0.2, 0.25) is 0 Å². The van der Waals surface area contributed by atoms with Crippen molar-refractivity contribution in [3.8, 4) is 0 Å². The second-order valence-electron chi connectivity index (χ2n) is 7.95. The molecule has 2 rings (SSSR count). The van der Waals surface area contributed by atoms with Crippen LogP contribution in [0.3, 0.4) is 0 Å². The van der Waals surface area contributed by atoms with Gasteiger partial charge < -0.3 is 9.80 Å². The van der Waals surface area contributed by atoms with Gasteiger partial charge in [0, 0.05) is 6.54 Å². The molecular weight excluding hydrogens is 232 g/mol. The van der Waals surface area contributed by atoms with Crippen LogP contribution in [0.25, 0.3) is 0 Å². The minimum absolute atomic E-state index is 0.458. The minimum Gasteiger partial charge on any atom is -0.304 e. The van der Waals surface area contributed by atoms with E-state index in [1.165, 1.54) is 65.0 Å². The minimum atomic E-state index is 0.458. The molecule has 0 aromatic rings. The highest BCUT2D eigenvalue weighted by molar-refractivity contribution is 4.83. The SMILES string of the molecule is CCN1CCC(C2CCN(CC(C)(C)C)CC2)CC1. The zero-order chi connectivity index (χ0) is 13.9. The van der Waals surface area contributed by atoms with Crippen LogP contribution in [0.1, 0.15) is 53.4 Å². The number of rotatable bonds is 3. The number of likely N-dealkylation sites (tertiary alicyclic amines) is 2. The molecule has 112 valence electrons. The van der Waals surface area contributed by atoms with Gasteiger partial charge in [-0.15, -0.1) is 0 Å². The molecule has 2 fully saturated rings. The summed E-state index contributed by atoms with van der Waals surface area (Å²) in [6.45, 7) is 17.3. The summed E-state index contributed by atoms with van der Waals surface area (Å²) in [5.74, 6) is 2.05. The molecule has 0 saturated carbocycles. The summed E-state index contributed by atoms with van der Waals surface area (Å²) in [4.78, 5) is 5.31. The van der Waals surface area contributed by atoms with Crippen molar-refractivity contribution in [3.63, 3.8) is 0 Å². The molecule has 0 radical (unpaired) electrons. The van der Waals surface area contributed by atoms with Gasteiger partial charge in [0.1, 0.15) is 0 Å². The van der Waals surface area contributed by atoms with Crippen LogP contribution in [-0.4, -0.2) is 49.1 Å². The van der Waals surface area contributed by atoms with Crippen LogP contribution in [0.15, 0.2) is 0 Å². The molecule has 2 nitrogen and oxygen atoms in total. The Labute approximate surface area is 120 Å². The number of piperidine rings is 2. The average molecular weight is 266 g/mol. The van der Waals surface area contributed by atoms with E-state index in [-0.39, 0.29) is 0 Å². The van der Waals surface area contributed by atoms with E-state index in [0.717, 1.165) is 11.8 Å². The quantitative estimate of drug-likeness (QED) is 0.772. The van der Waals surface area contributed by atoms with Gasteiger partial charge in [-0.2, -0.15) is 0 Å². The summed E-state index contributed by atoms with van der Waals surface area (Å²) in [5.41, 5.74) is 0.458. The molecular formula is C17H34N2. The van der Waals surface area contributed by atoms with Crippen molar-refractivity contribution in [2.75, 3.05) is 39.3 Å². The Hall–Kier alpha value is -0.0800. The van der Waals surface area contributed by atoms with Crippen molar-refractivity contribution >= 4 is 0 Å². The first-order valence-electron chi connectivity index (χ1n) is 8.42. The lowest BCUT2D eigenvalue weighted by Gasteiger charge is -2.41. The largest absolute Gasteiger partial charge is 0.304 e. The number of hydrogen-bond donors (Lipinski definition) is 0. The summed E-state index contributed by atoms with van der Waals surface area (Å²) < 4.78 is 0. The van der Waals surface area contributed by atoms with E-state index < -0.39 is 0 Å². The van der Waals surface area contributed by atoms with Crippen molar-refractivity contribution in [1.82, 2.24) is 9.80 Å². The lowest BCUT2D eigenvalue weighted by Crippen LogP contribution is -2.42. The van der Waals surface area contributed by atoms with Gasteiger partial charge in [0.05, 0.1) is 0 Å². The Balaban J connectivity index is 1.72. The molecule has 0 aromatic carbocycles. The van der Waals surface area contributed by atoms with E-state index in [0.29, 0.717) is 5.41 Å². The fourth-order valence-electron chi connectivity index (χ4n) is 3.99. The Kier molecular flexibility index (Phi) is 5.30. The highest BCUT2D eigenvalue weighted by Gasteiger charge is 2.30. The average Bonchev–Trinajstić information content (AvgIpc) is 2.38. The number of hydrogen-bond acceptors (Lipinski definition) is 2. The zero-order valence-electron chi connectivity index (χ0n) is 13.6. The van der Waals surface area contributed by atoms with Crippen LogP contribution >= 0.6 is 0 Å². The van der Waals surface area contributed by atoms with Gasteiger partial charge in [0.15, 0.2) is 0 Å². The second kappa shape index (κ2) is 6.58. The Morgan fingerprint density at radius 2 is 1.21 bits per heavy atom. The zero-order valence-corrected chi connectivity index (χ0v) is 13.6. The molecule has 19 heavy (non-hydrogen) atoms. The molecule has 0 aromatic heterocycles. The molecule has 0 unspecified atom stereocenters. The standard InChI is InChI=1S/C17H34N2/c1-5-18-10-6-15(7-11-18)16-8-12-19(13-9-16)14-17(2,3)4/h15-16H,5-14H2,1-4H3. The number of nitrogens with zero attached hydrogens (tertiary/aromatic N) is 2. The molecule has 2 heteroatoms. The van der Waals surface area contributed by atoms with Gasteiger partial charge >= 0.3 is 0 Å². The topological polar surface area (TPSA) is 6.48 Å². The smallest absolute Gasteiger partial charge is 0.00300 e. The van der Waals surface area contributed by atoms with Crippen LogP contribution in [-0.2, 0) is 0 Å². The van der Waals surface area contributed by atoms with Crippen molar-refractivity contribution in [2.45, 2.75) is 53.4 Å². The van der Waals surface area contributed by atoms with Crippen molar-refractivity contribution in [1.29, 1.82) is 0 Å². The first-order valence-corrected chi connectivity index (χ1v) is 8.42. The van der Waals surface area contributed by atoms with Crippen LogP contribution < -0.4 is 0 Å². The summed E-state index contributed by atoms with van der Waals surface area (Å²) in [6.07, 6.45) is 5.81. The monoisotopic (exact) mass is 266 g/mol. The predicted octanol–water partition coefficient (Wildman–Crippen LogP) is 3.48. The highest BCUT2D eigenvalue weighted by Crippen LogP contribution is 2.33. The van der Waals surface area contributed by atoms with Gasteiger partial charge in [-0.1, -0.05) is 27.7 Å². The lowest BCUT2D eigenvalue weighted by atomic mass is 9.78. The molecule has 0 bridgehead atoms. The van der Waals surface area contributed by atoms with E-state index in [1.807, 2.05) is 0 Å². The summed E-state index contributed by atoms with van der Waals surface area (Å²) in [5, 5.41) is 0. The van der Waals surface area contributed by atoms with Gasteiger partial charge in [-0.3, -0.25) is 0 Å². The normalized spacial score (nSPS) is 25.9. The van der Waals surface area contributed by atoms with Gasteiger partial charge in [-0.05, 0) is 75.7 Å². The maximum absolute atomic E-state index is 2.69. The third-order valence-electron chi connectivity index (χ3n) is 5.08. The van der Waals surface area contributed by atoms with Gasteiger partial charge in [0.25, 0.3) is 0 Å². The first kappa shape index (κ1) is 15.3. The van der Waals surface area contributed by atoms with Crippen molar-refractivity contribution in [2.24, 2.45) is 17.3 Å². The molecule has 0 N–H and O–H groups in total. The summed E-state index contributed by atoms with van der Waals surface area (Å²) in [6, 6.07) is 0. The van der Waals surface area contributed by atoms with Crippen LogP contribution in [0, 0.1) is 17.3 Å². The third-order valence-corrected chi connectivity index (χ3v) is 5.08. The van der Waals surface area contributed by atoms with E-state index in [2.05, 4.69) is 37.5 Å². The van der Waals surface area contributed by atoms with E-state index in [1.54, 1.807) is 0 Å². The lowest BCUT2D eigenvalue weighted by molar-refractivity contribution is 0.0828.